The first kappa shape index (κ1) is 18.8. The van der Waals surface area contributed by atoms with Gasteiger partial charge in [-0.05, 0) is 49.1 Å². The summed E-state index contributed by atoms with van der Waals surface area (Å²) in [5.74, 6) is 1.31. The Kier molecular flexibility index (Phi) is 5.56. The van der Waals surface area contributed by atoms with Gasteiger partial charge in [-0.3, -0.25) is 4.79 Å². The van der Waals surface area contributed by atoms with E-state index in [9.17, 15) is 4.79 Å². The number of methoxy groups -OCH3 is 2. The van der Waals surface area contributed by atoms with Crippen molar-refractivity contribution in [2.45, 2.75) is 38.0 Å². The highest BCUT2D eigenvalue weighted by Gasteiger charge is 2.43. The molecule has 1 saturated carbocycles. The summed E-state index contributed by atoms with van der Waals surface area (Å²) in [6, 6.07) is 11.8. The lowest BCUT2D eigenvalue weighted by atomic mass is 9.78. The molecule has 0 aliphatic heterocycles. The number of carbonyl (C=O) groups excluding carboxylic acids is 1. The number of amides is 1. The minimum absolute atomic E-state index is 0.0448. The fourth-order valence-corrected chi connectivity index (χ4v) is 4.17. The van der Waals surface area contributed by atoms with E-state index in [0.717, 1.165) is 47.0 Å². The molecule has 2 aromatic rings. The van der Waals surface area contributed by atoms with Gasteiger partial charge in [-0.25, -0.2) is 0 Å². The Balaban J connectivity index is 1.95. The van der Waals surface area contributed by atoms with Crippen LogP contribution in [0.1, 0.15) is 36.8 Å². The molecule has 0 bridgehead atoms. The van der Waals surface area contributed by atoms with Gasteiger partial charge >= 0.3 is 0 Å². The largest absolute Gasteiger partial charge is 0.493 e. The van der Waals surface area contributed by atoms with Crippen molar-refractivity contribution < 1.29 is 14.3 Å². The number of rotatable bonds is 5. The molecule has 138 valence electrons. The summed E-state index contributed by atoms with van der Waals surface area (Å²) in [6.07, 6.45) is 3.85. The van der Waals surface area contributed by atoms with E-state index < -0.39 is 5.41 Å². The summed E-state index contributed by atoms with van der Waals surface area (Å²) in [6.45, 7) is 1.96. The first-order chi connectivity index (χ1) is 12.5. The van der Waals surface area contributed by atoms with E-state index in [2.05, 4.69) is 33.4 Å². The maximum absolute atomic E-state index is 13.4. The molecule has 1 fully saturated rings. The van der Waals surface area contributed by atoms with Crippen LogP contribution < -0.4 is 14.8 Å². The second kappa shape index (κ2) is 7.70. The third kappa shape index (κ3) is 3.45. The summed E-state index contributed by atoms with van der Waals surface area (Å²) in [5.41, 5.74) is 2.29. The van der Waals surface area contributed by atoms with Gasteiger partial charge in [0.15, 0.2) is 11.5 Å². The average Bonchev–Trinajstić information content (AvgIpc) is 3.14. The van der Waals surface area contributed by atoms with Crippen LogP contribution in [0.15, 0.2) is 40.9 Å². The number of aryl methyl sites for hydroxylation is 1. The van der Waals surface area contributed by atoms with Gasteiger partial charge in [0.1, 0.15) is 0 Å². The summed E-state index contributed by atoms with van der Waals surface area (Å²) in [7, 11) is 3.20. The summed E-state index contributed by atoms with van der Waals surface area (Å²) < 4.78 is 11.7. The highest BCUT2D eigenvalue weighted by molar-refractivity contribution is 9.10. The predicted molar refractivity (Wildman–Crippen MR) is 107 cm³/mol. The molecule has 0 unspecified atom stereocenters. The number of hydrogen-bond donors (Lipinski definition) is 1. The fourth-order valence-electron chi connectivity index (χ4n) is 3.77. The number of carbonyl (C=O) groups is 1. The van der Waals surface area contributed by atoms with Crippen molar-refractivity contribution in [1.82, 2.24) is 0 Å². The number of anilines is 1. The van der Waals surface area contributed by atoms with E-state index in [0.29, 0.717) is 11.5 Å². The molecule has 0 heterocycles. The molecule has 0 atom stereocenters. The quantitative estimate of drug-likeness (QED) is 0.724. The van der Waals surface area contributed by atoms with E-state index in [1.165, 1.54) is 0 Å². The summed E-state index contributed by atoms with van der Waals surface area (Å²) >= 11 is 3.53. The molecule has 3 rings (SSSR count). The number of ether oxygens (including phenoxy) is 2. The Morgan fingerprint density at radius 2 is 1.73 bits per heavy atom. The van der Waals surface area contributed by atoms with Gasteiger partial charge < -0.3 is 14.8 Å². The zero-order chi connectivity index (χ0) is 18.7. The Bertz CT molecular complexity index is 813. The van der Waals surface area contributed by atoms with Crippen LogP contribution in [0.5, 0.6) is 11.5 Å². The fraction of sp³-hybridized carbons (Fsp3) is 0.381. The van der Waals surface area contributed by atoms with Crippen molar-refractivity contribution in [1.29, 1.82) is 0 Å². The highest BCUT2D eigenvalue weighted by atomic mass is 79.9. The first-order valence-corrected chi connectivity index (χ1v) is 9.59. The van der Waals surface area contributed by atoms with Gasteiger partial charge in [0, 0.05) is 16.2 Å². The second-order valence-corrected chi connectivity index (χ2v) is 7.69. The lowest BCUT2D eigenvalue weighted by molar-refractivity contribution is -0.121. The Morgan fingerprint density at radius 1 is 1.08 bits per heavy atom. The molecule has 0 spiro atoms. The maximum Gasteiger partial charge on any atom is 0.235 e. The standard InChI is InChI=1S/C21H24BrNO3/c1-14-11-18(25-2)19(26-3)13-17(14)23-20(24)21(9-4-5-10-21)15-7-6-8-16(22)12-15/h6-8,11-13H,4-5,9-10H2,1-3H3,(H,23,24). The molecule has 1 N–H and O–H groups in total. The van der Waals surface area contributed by atoms with Crippen LogP contribution in [0.25, 0.3) is 0 Å². The van der Waals surface area contributed by atoms with Crippen molar-refractivity contribution in [3.05, 3.63) is 52.0 Å². The molecule has 0 aromatic heterocycles. The third-order valence-electron chi connectivity index (χ3n) is 5.25. The SMILES string of the molecule is COc1cc(C)c(NC(=O)C2(c3cccc(Br)c3)CCCC2)cc1OC. The maximum atomic E-state index is 13.4. The summed E-state index contributed by atoms with van der Waals surface area (Å²) in [4.78, 5) is 13.4. The van der Waals surface area contributed by atoms with Crippen LogP contribution in [0.2, 0.25) is 0 Å². The average molecular weight is 418 g/mol. The van der Waals surface area contributed by atoms with E-state index in [4.69, 9.17) is 9.47 Å². The zero-order valence-electron chi connectivity index (χ0n) is 15.4. The third-order valence-corrected chi connectivity index (χ3v) is 5.74. The van der Waals surface area contributed by atoms with Gasteiger partial charge in [0.05, 0.1) is 19.6 Å². The van der Waals surface area contributed by atoms with E-state index in [-0.39, 0.29) is 5.91 Å². The van der Waals surface area contributed by atoms with E-state index in [1.807, 2.05) is 31.2 Å². The van der Waals surface area contributed by atoms with Crippen LogP contribution >= 0.6 is 15.9 Å². The molecule has 0 saturated heterocycles. The molecule has 1 aliphatic rings. The minimum Gasteiger partial charge on any atom is -0.493 e. The Hall–Kier alpha value is -2.01. The van der Waals surface area contributed by atoms with Crippen LogP contribution in [0, 0.1) is 6.92 Å². The number of hydrogen-bond acceptors (Lipinski definition) is 3. The molecular formula is C21H24BrNO3. The van der Waals surface area contributed by atoms with Crippen molar-refractivity contribution >= 4 is 27.5 Å². The molecule has 5 heteroatoms. The highest BCUT2D eigenvalue weighted by Crippen LogP contribution is 2.43. The monoisotopic (exact) mass is 417 g/mol. The molecule has 4 nitrogen and oxygen atoms in total. The van der Waals surface area contributed by atoms with Crippen molar-refractivity contribution in [3.8, 4) is 11.5 Å². The van der Waals surface area contributed by atoms with Gasteiger partial charge in [0.25, 0.3) is 0 Å². The lowest BCUT2D eigenvalue weighted by Gasteiger charge is -2.29. The van der Waals surface area contributed by atoms with Crippen LogP contribution in [-0.4, -0.2) is 20.1 Å². The molecule has 26 heavy (non-hydrogen) atoms. The van der Waals surface area contributed by atoms with Crippen LogP contribution in [0.4, 0.5) is 5.69 Å². The van der Waals surface area contributed by atoms with Crippen molar-refractivity contribution in [3.63, 3.8) is 0 Å². The van der Waals surface area contributed by atoms with Gasteiger partial charge in [0.2, 0.25) is 5.91 Å². The molecule has 2 aromatic carbocycles. The van der Waals surface area contributed by atoms with Crippen LogP contribution in [-0.2, 0) is 10.2 Å². The Morgan fingerprint density at radius 3 is 2.35 bits per heavy atom. The second-order valence-electron chi connectivity index (χ2n) is 6.78. The van der Waals surface area contributed by atoms with Crippen molar-refractivity contribution in [2.24, 2.45) is 0 Å². The Labute approximate surface area is 163 Å². The molecule has 1 aliphatic carbocycles. The lowest BCUT2D eigenvalue weighted by Crippen LogP contribution is -2.38. The molecule has 0 radical (unpaired) electrons. The predicted octanol–water partition coefficient (Wildman–Crippen LogP) is 5.23. The number of nitrogens with one attached hydrogen (secondary N) is 1. The first-order valence-electron chi connectivity index (χ1n) is 8.80. The minimum atomic E-state index is -0.483. The van der Waals surface area contributed by atoms with Gasteiger partial charge in [-0.1, -0.05) is 40.9 Å². The smallest absolute Gasteiger partial charge is 0.235 e. The van der Waals surface area contributed by atoms with E-state index in [1.54, 1.807) is 14.2 Å². The van der Waals surface area contributed by atoms with Crippen molar-refractivity contribution in [2.75, 3.05) is 19.5 Å². The number of benzene rings is 2. The van der Waals surface area contributed by atoms with Gasteiger partial charge in [-0.15, -0.1) is 0 Å². The number of halogens is 1. The normalized spacial score (nSPS) is 15.5. The summed E-state index contributed by atoms with van der Waals surface area (Å²) in [5, 5.41) is 3.15. The van der Waals surface area contributed by atoms with Gasteiger partial charge in [-0.2, -0.15) is 0 Å². The molecule has 1 amide bonds. The zero-order valence-corrected chi connectivity index (χ0v) is 17.0. The molecular weight excluding hydrogens is 394 g/mol. The topological polar surface area (TPSA) is 47.6 Å². The van der Waals surface area contributed by atoms with Crippen LogP contribution in [0.3, 0.4) is 0 Å². The van der Waals surface area contributed by atoms with E-state index >= 15 is 0 Å².